The summed E-state index contributed by atoms with van der Waals surface area (Å²) < 4.78 is 3.46. The summed E-state index contributed by atoms with van der Waals surface area (Å²) in [6.07, 6.45) is 8.96. The van der Waals surface area contributed by atoms with E-state index in [9.17, 15) is 4.79 Å². The summed E-state index contributed by atoms with van der Waals surface area (Å²) in [5.41, 5.74) is 1.64. The van der Waals surface area contributed by atoms with Crippen molar-refractivity contribution >= 4 is 28.3 Å². The maximum absolute atomic E-state index is 12.2. The lowest BCUT2D eigenvalue weighted by Crippen LogP contribution is -2.14. The second kappa shape index (κ2) is 7.21. The van der Waals surface area contributed by atoms with E-state index >= 15 is 0 Å². The van der Waals surface area contributed by atoms with E-state index in [4.69, 9.17) is 0 Å². The van der Waals surface area contributed by atoms with Gasteiger partial charge in [0, 0.05) is 54.9 Å². The van der Waals surface area contributed by atoms with Crippen molar-refractivity contribution in [2.24, 2.45) is 13.0 Å². The van der Waals surface area contributed by atoms with Gasteiger partial charge < -0.3 is 10.6 Å². The number of aromatic nitrogens is 7. The van der Waals surface area contributed by atoms with Gasteiger partial charge in [-0.15, -0.1) is 0 Å². The van der Waals surface area contributed by atoms with Crippen LogP contribution in [0, 0.1) is 5.92 Å². The van der Waals surface area contributed by atoms with E-state index in [2.05, 4.69) is 35.8 Å². The maximum Gasteiger partial charge on any atom is 0.228 e. The summed E-state index contributed by atoms with van der Waals surface area (Å²) >= 11 is 0. The topological polar surface area (TPSA) is 115 Å². The molecule has 0 radical (unpaired) electrons. The van der Waals surface area contributed by atoms with Crippen LogP contribution < -0.4 is 10.6 Å². The van der Waals surface area contributed by atoms with Gasteiger partial charge in [0.15, 0.2) is 5.82 Å². The molecule has 1 fully saturated rings. The number of hydrogen-bond acceptors (Lipinski definition) is 7. The molecule has 0 spiro atoms. The first-order valence-electron chi connectivity index (χ1n) is 9.76. The van der Waals surface area contributed by atoms with E-state index in [1.165, 1.54) is 0 Å². The Morgan fingerprint density at radius 3 is 2.77 bits per heavy atom. The van der Waals surface area contributed by atoms with Crippen LogP contribution in [-0.4, -0.2) is 47.5 Å². The summed E-state index contributed by atoms with van der Waals surface area (Å²) in [6, 6.07) is 3.81. The van der Waals surface area contributed by atoms with E-state index < -0.39 is 0 Å². The standard InChI is InChI=1S/C20H21N9O/c1-21-19-15-9-22-17(25-20(30)12-3-4-12)7-13(15)14(8-23-19)16-5-6-29(26-16)10-18-24-11-28(2)27-18/h5-9,11-12H,3-4,10H2,1-2H3,(H,21,23)(H,22,25,30). The van der Waals surface area contributed by atoms with E-state index in [0.717, 1.165) is 40.7 Å². The van der Waals surface area contributed by atoms with E-state index in [1.807, 2.05) is 32.4 Å². The molecule has 1 aliphatic rings. The Bertz CT molecular complexity index is 1240. The van der Waals surface area contributed by atoms with Crippen LogP contribution >= 0.6 is 0 Å². The fourth-order valence-electron chi connectivity index (χ4n) is 3.38. The molecule has 2 N–H and O–H groups in total. The minimum atomic E-state index is 0.0263. The normalized spacial score (nSPS) is 13.5. The van der Waals surface area contributed by atoms with Gasteiger partial charge in [-0.1, -0.05) is 0 Å². The zero-order valence-electron chi connectivity index (χ0n) is 16.7. The van der Waals surface area contributed by atoms with Crippen molar-refractivity contribution in [3.05, 3.63) is 42.9 Å². The monoisotopic (exact) mass is 403 g/mol. The zero-order chi connectivity index (χ0) is 20.7. The molecule has 1 amide bonds. The average Bonchev–Trinajstić information content (AvgIpc) is 3.38. The molecular formula is C20H21N9O. The largest absolute Gasteiger partial charge is 0.373 e. The number of amides is 1. The second-order valence-corrected chi connectivity index (χ2v) is 7.38. The number of hydrogen-bond donors (Lipinski definition) is 2. The number of carbonyl (C=O) groups excluding carboxylic acids is 1. The van der Waals surface area contributed by atoms with Gasteiger partial charge in [-0.2, -0.15) is 10.2 Å². The van der Waals surface area contributed by atoms with Crippen molar-refractivity contribution < 1.29 is 4.79 Å². The Kier molecular flexibility index (Phi) is 4.38. The third kappa shape index (κ3) is 3.47. The van der Waals surface area contributed by atoms with Gasteiger partial charge >= 0.3 is 0 Å². The predicted octanol–water partition coefficient (Wildman–Crippen LogP) is 2.06. The molecule has 4 heterocycles. The first kappa shape index (κ1) is 18.2. The predicted molar refractivity (Wildman–Crippen MR) is 112 cm³/mol. The molecule has 0 unspecified atom stereocenters. The van der Waals surface area contributed by atoms with Gasteiger partial charge in [-0.25, -0.2) is 15.0 Å². The highest BCUT2D eigenvalue weighted by Gasteiger charge is 2.29. The van der Waals surface area contributed by atoms with Gasteiger partial charge in [0.25, 0.3) is 0 Å². The molecule has 0 atom stereocenters. The fourth-order valence-corrected chi connectivity index (χ4v) is 3.38. The number of pyridine rings is 2. The summed E-state index contributed by atoms with van der Waals surface area (Å²) in [7, 11) is 3.65. The zero-order valence-corrected chi connectivity index (χ0v) is 16.7. The molecular weight excluding hydrogens is 382 g/mol. The minimum absolute atomic E-state index is 0.0263. The highest BCUT2D eigenvalue weighted by molar-refractivity contribution is 6.03. The lowest BCUT2D eigenvalue weighted by atomic mass is 10.1. The molecule has 5 rings (SSSR count). The van der Waals surface area contributed by atoms with Crippen LogP contribution in [0.5, 0.6) is 0 Å². The number of aryl methyl sites for hydroxylation is 1. The van der Waals surface area contributed by atoms with Crippen LogP contribution in [0.2, 0.25) is 0 Å². The van der Waals surface area contributed by atoms with Gasteiger partial charge in [0.1, 0.15) is 24.5 Å². The third-order valence-electron chi connectivity index (χ3n) is 5.08. The van der Waals surface area contributed by atoms with Crippen LogP contribution in [-0.2, 0) is 18.4 Å². The van der Waals surface area contributed by atoms with Gasteiger partial charge in [0.2, 0.25) is 5.91 Å². The highest BCUT2D eigenvalue weighted by atomic mass is 16.2. The van der Waals surface area contributed by atoms with E-state index in [-0.39, 0.29) is 11.8 Å². The van der Waals surface area contributed by atoms with Crippen LogP contribution in [0.4, 0.5) is 11.6 Å². The average molecular weight is 403 g/mol. The Hall–Kier alpha value is -3.82. The van der Waals surface area contributed by atoms with E-state index in [0.29, 0.717) is 18.2 Å². The fraction of sp³-hybridized carbons (Fsp3) is 0.300. The van der Waals surface area contributed by atoms with Crippen molar-refractivity contribution in [1.82, 2.24) is 34.5 Å². The number of rotatable bonds is 6. The molecule has 4 aromatic heterocycles. The second-order valence-electron chi connectivity index (χ2n) is 7.38. The third-order valence-corrected chi connectivity index (χ3v) is 5.08. The molecule has 10 nitrogen and oxygen atoms in total. The quantitative estimate of drug-likeness (QED) is 0.506. The molecule has 152 valence electrons. The molecule has 0 aromatic carbocycles. The number of nitrogens with zero attached hydrogens (tertiary/aromatic N) is 7. The summed E-state index contributed by atoms with van der Waals surface area (Å²) in [4.78, 5) is 25.3. The van der Waals surface area contributed by atoms with Crippen LogP contribution in [0.1, 0.15) is 18.7 Å². The Labute approximate surface area is 172 Å². The van der Waals surface area contributed by atoms with Crippen molar-refractivity contribution in [2.75, 3.05) is 17.7 Å². The molecule has 0 saturated heterocycles. The first-order valence-corrected chi connectivity index (χ1v) is 9.76. The molecule has 1 aliphatic carbocycles. The number of fused-ring (bicyclic) bond motifs is 1. The van der Waals surface area contributed by atoms with Crippen molar-refractivity contribution in [2.45, 2.75) is 19.4 Å². The maximum atomic E-state index is 12.2. The summed E-state index contributed by atoms with van der Waals surface area (Å²) in [6.45, 7) is 0.477. The Morgan fingerprint density at radius 2 is 2.03 bits per heavy atom. The first-order chi connectivity index (χ1) is 14.6. The van der Waals surface area contributed by atoms with E-state index in [1.54, 1.807) is 28.1 Å². The summed E-state index contributed by atoms with van der Waals surface area (Å²) in [5, 5.41) is 16.8. The Morgan fingerprint density at radius 1 is 1.17 bits per heavy atom. The number of carbonyl (C=O) groups is 1. The molecule has 0 bridgehead atoms. The lowest BCUT2D eigenvalue weighted by Gasteiger charge is -2.11. The Balaban J connectivity index is 1.51. The smallest absolute Gasteiger partial charge is 0.228 e. The molecule has 10 heteroatoms. The highest BCUT2D eigenvalue weighted by Crippen LogP contribution is 2.33. The lowest BCUT2D eigenvalue weighted by molar-refractivity contribution is -0.117. The van der Waals surface area contributed by atoms with Crippen LogP contribution in [0.25, 0.3) is 22.0 Å². The van der Waals surface area contributed by atoms with Crippen molar-refractivity contribution in [3.63, 3.8) is 0 Å². The van der Waals surface area contributed by atoms with Crippen LogP contribution in [0.15, 0.2) is 37.1 Å². The van der Waals surface area contributed by atoms with Crippen molar-refractivity contribution in [3.8, 4) is 11.3 Å². The van der Waals surface area contributed by atoms with Gasteiger partial charge in [-0.05, 0) is 25.0 Å². The van der Waals surface area contributed by atoms with Crippen molar-refractivity contribution in [1.29, 1.82) is 0 Å². The van der Waals surface area contributed by atoms with Gasteiger partial charge in [0.05, 0.1) is 5.69 Å². The number of nitrogens with one attached hydrogen (secondary N) is 2. The molecule has 30 heavy (non-hydrogen) atoms. The van der Waals surface area contributed by atoms with Gasteiger partial charge in [-0.3, -0.25) is 14.2 Å². The molecule has 0 aliphatic heterocycles. The summed E-state index contributed by atoms with van der Waals surface area (Å²) in [5.74, 6) is 2.08. The molecule has 1 saturated carbocycles. The minimum Gasteiger partial charge on any atom is -0.373 e. The molecule has 4 aromatic rings. The van der Waals surface area contributed by atoms with Crippen LogP contribution in [0.3, 0.4) is 0 Å². The SMILES string of the molecule is CNc1ncc(-c2ccn(Cc3ncn(C)n3)n2)c2cc(NC(=O)C3CC3)ncc12. The number of anilines is 2.